The van der Waals surface area contributed by atoms with Gasteiger partial charge in [-0.25, -0.2) is 0 Å². The van der Waals surface area contributed by atoms with E-state index in [1.807, 2.05) is 0 Å². The van der Waals surface area contributed by atoms with Gasteiger partial charge in [-0.2, -0.15) is 0 Å². The first-order valence-corrected chi connectivity index (χ1v) is 14.5. The molecule has 0 aromatic rings. The van der Waals surface area contributed by atoms with Crippen molar-refractivity contribution in [2.75, 3.05) is 0 Å². The second kappa shape index (κ2) is 7.47. The Morgan fingerprint density at radius 3 is 1.79 bits per heavy atom. The number of rotatable bonds is 6. The van der Waals surface area contributed by atoms with Crippen LogP contribution in [0.5, 0.6) is 0 Å². The molecule has 0 saturated carbocycles. The van der Waals surface area contributed by atoms with Crippen molar-refractivity contribution in [2.45, 2.75) is 78.5 Å². The zero-order valence-electron chi connectivity index (χ0n) is 14.1. The summed E-state index contributed by atoms with van der Waals surface area (Å²) in [7, 11) is -2.83. The lowest BCUT2D eigenvalue weighted by atomic mass is 10.2. The summed E-state index contributed by atoms with van der Waals surface area (Å²) >= 11 is 0. The van der Waals surface area contributed by atoms with Crippen LogP contribution in [0.4, 0.5) is 0 Å². The van der Waals surface area contributed by atoms with Crippen LogP contribution in [0.1, 0.15) is 33.1 Å². The van der Waals surface area contributed by atoms with Gasteiger partial charge in [0.15, 0.2) is 0 Å². The Hall–Kier alpha value is -0.306. The largest absolute Gasteiger partial charge is 0.389 e. The maximum absolute atomic E-state index is 10.3. The molecule has 0 aromatic carbocycles. The zero-order valence-corrected chi connectivity index (χ0v) is 16.1. The number of aliphatic hydroxyl groups excluding tert-OH is 1. The SMILES string of the molecule is CCCC(O)C(=C=C=C(CC)[Si](C)(C)C)[Si](C)(C)C. The Bertz CT molecular complexity index is 384. The molecule has 0 aliphatic heterocycles. The topological polar surface area (TPSA) is 20.2 Å². The summed E-state index contributed by atoms with van der Waals surface area (Å²) in [6.07, 6.45) is 2.56. The van der Waals surface area contributed by atoms with Gasteiger partial charge in [-0.15, -0.1) is 0 Å². The van der Waals surface area contributed by atoms with Crippen LogP contribution < -0.4 is 0 Å². The van der Waals surface area contributed by atoms with Gasteiger partial charge in [0.25, 0.3) is 0 Å². The fraction of sp³-hybridized carbons (Fsp3) is 0.750. The van der Waals surface area contributed by atoms with Gasteiger partial charge in [-0.1, -0.05) is 71.0 Å². The van der Waals surface area contributed by atoms with Crippen molar-refractivity contribution in [3.63, 3.8) is 0 Å². The summed E-state index contributed by atoms with van der Waals surface area (Å²) in [6, 6.07) is 0. The van der Waals surface area contributed by atoms with Crippen molar-refractivity contribution in [2.24, 2.45) is 0 Å². The van der Waals surface area contributed by atoms with Gasteiger partial charge in [-0.3, -0.25) is 0 Å². The van der Waals surface area contributed by atoms with E-state index < -0.39 is 16.1 Å². The van der Waals surface area contributed by atoms with Gasteiger partial charge < -0.3 is 5.11 Å². The van der Waals surface area contributed by atoms with E-state index in [1.54, 1.807) is 0 Å². The Morgan fingerprint density at radius 2 is 1.47 bits per heavy atom. The van der Waals surface area contributed by atoms with E-state index in [2.05, 4.69) is 64.6 Å². The number of hydrogen-bond donors (Lipinski definition) is 1. The summed E-state index contributed by atoms with van der Waals surface area (Å²) in [5, 5.41) is 12.9. The predicted octanol–water partition coefficient (Wildman–Crippen LogP) is 4.92. The van der Waals surface area contributed by atoms with E-state index in [9.17, 15) is 5.11 Å². The van der Waals surface area contributed by atoms with E-state index in [4.69, 9.17) is 0 Å². The molecule has 0 radical (unpaired) electrons. The minimum absolute atomic E-state index is 0.330. The molecule has 0 bridgehead atoms. The molecule has 110 valence electrons. The smallest absolute Gasteiger partial charge is 0.0866 e. The average Bonchev–Trinajstić information content (AvgIpc) is 2.20. The Labute approximate surface area is 122 Å². The van der Waals surface area contributed by atoms with Gasteiger partial charge in [0.05, 0.1) is 22.3 Å². The quantitative estimate of drug-likeness (QED) is 0.545. The molecular formula is C16H32OSi2. The maximum Gasteiger partial charge on any atom is 0.0866 e. The van der Waals surface area contributed by atoms with Crippen LogP contribution in [0.25, 0.3) is 0 Å². The molecule has 0 saturated heterocycles. The van der Waals surface area contributed by atoms with Crippen molar-refractivity contribution < 1.29 is 5.11 Å². The molecule has 19 heavy (non-hydrogen) atoms. The van der Waals surface area contributed by atoms with Gasteiger partial charge in [-0.05, 0) is 23.2 Å². The van der Waals surface area contributed by atoms with E-state index in [0.29, 0.717) is 0 Å². The fourth-order valence-electron chi connectivity index (χ4n) is 2.14. The summed E-state index contributed by atoms with van der Waals surface area (Å²) in [6.45, 7) is 18.2. The molecule has 0 heterocycles. The third-order valence-corrected chi connectivity index (χ3v) is 7.67. The van der Waals surface area contributed by atoms with Crippen LogP contribution in [0.3, 0.4) is 0 Å². The molecule has 0 spiro atoms. The lowest BCUT2D eigenvalue weighted by Crippen LogP contribution is -2.31. The minimum Gasteiger partial charge on any atom is -0.389 e. The number of aliphatic hydroxyl groups is 1. The number of allylic oxidation sites excluding steroid dienone is 1. The normalized spacial score (nSPS) is 13.5. The first-order valence-electron chi connectivity index (χ1n) is 7.47. The first kappa shape index (κ1) is 18.7. The van der Waals surface area contributed by atoms with Crippen molar-refractivity contribution in [1.82, 2.24) is 0 Å². The highest BCUT2D eigenvalue weighted by molar-refractivity contribution is 6.83. The second-order valence-corrected chi connectivity index (χ2v) is 17.4. The Morgan fingerprint density at radius 1 is 0.947 bits per heavy atom. The monoisotopic (exact) mass is 296 g/mol. The van der Waals surface area contributed by atoms with Crippen molar-refractivity contribution in [3.8, 4) is 0 Å². The van der Waals surface area contributed by atoms with Crippen molar-refractivity contribution >= 4 is 16.1 Å². The standard InChI is InChI=1S/C16H32OSi2/c1-9-11-15(17)16(19(6,7)8)13-12-14(10-2)18(3,4)5/h15,17H,9-11H2,1-8H3. The summed E-state index contributed by atoms with van der Waals surface area (Å²) in [5.41, 5.74) is 6.80. The van der Waals surface area contributed by atoms with Crippen LogP contribution in [0.2, 0.25) is 39.3 Å². The molecule has 0 aliphatic carbocycles. The molecule has 1 N–H and O–H groups in total. The predicted molar refractivity (Wildman–Crippen MR) is 91.9 cm³/mol. The zero-order chi connectivity index (χ0) is 15.3. The van der Waals surface area contributed by atoms with E-state index in [-0.39, 0.29) is 6.10 Å². The van der Waals surface area contributed by atoms with E-state index >= 15 is 0 Å². The molecule has 1 atom stereocenters. The van der Waals surface area contributed by atoms with Crippen LogP contribution in [-0.4, -0.2) is 27.4 Å². The molecule has 1 unspecified atom stereocenters. The van der Waals surface area contributed by atoms with Crippen molar-refractivity contribution in [1.29, 1.82) is 0 Å². The summed E-state index contributed by atoms with van der Waals surface area (Å²) < 4.78 is 0. The molecule has 0 fully saturated rings. The molecule has 0 amide bonds. The van der Waals surface area contributed by atoms with Crippen molar-refractivity contribution in [3.05, 3.63) is 21.9 Å². The third kappa shape index (κ3) is 6.60. The Balaban J connectivity index is 5.85. The van der Waals surface area contributed by atoms with Crippen LogP contribution in [-0.2, 0) is 0 Å². The second-order valence-electron chi connectivity index (χ2n) is 7.30. The summed E-state index contributed by atoms with van der Waals surface area (Å²) in [4.78, 5) is 0. The highest BCUT2D eigenvalue weighted by Crippen LogP contribution is 2.21. The lowest BCUT2D eigenvalue weighted by Gasteiger charge is -2.23. The van der Waals surface area contributed by atoms with Crippen LogP contribution >= 0.6 is 0 Å². The number of hydrogen-bond acceptors (Lipinski definition) is 1. The fourth-order valence-corrected chi connectivity index (χ4v) is 5.22. The molecular weight excluding hydrogens is 264 g/mol. The lowest BCUT2D eigenvalue weighted by molar-refractivity contribution is 0.206. The third-order valence-electron chi connectivity index (χ3n) is 3.31. The molecule has 0 aromatic heterocycles. The first-order chi connectivity index (χ1) is 8.54. The minimum atomic E-state index is -1.53. The molecule has 0 rings (SSSR count). The molecule has 3 heteroatoms. The maximum atomic E-state index is 10.3. The van der Waals surface area contributed by atoms with Crippen LogP contribution in [0.15, 0.2) is 21.9 Å². The summed E-state index contributed by atoms with van der Waals surface area (Å²) in [5.74, 6) is 0. The van der Waals surface area contributed by atoms with Gasteiger partial charge >= 0.3 is 0 Å². The molecule has 1 nitrogen and oxygen atoms in total. The Kier molecular flexibility index (Phi) is 7.35. The molecule has 0 aliphatic rings. The van der Waals surface area contributed by atoms with Gasteiger partial charge in [0.1, 0.15) is 0 Å². The van der Waals surface area contributed by atoms with Crippen LogP contribution in [0, 0.1) is 0 Å². The average molecular weight is 297 g/mol. The van der Waals surface area contributed by atoms with E-state index in [0.717, 1.165) is 24.5 Å². The highest BCUT2D eigenvalue weighted by atomic mass is 28.3. The van der Waals surface area contributed by atoms with E-state index in [1.165, 1.54) is 5.20 Å². The highest BCUT2D eigenvalue weighted by Gasteiger charge is 2.25. The van der Waals surface area contributed by atoms with Gasteiger partial charge in [0.2, 0.25) is 0 Å². The van der Waals surface area contributed by atoms with Gasteiger partial charge in [0, 0.05) is 0 Å².